The molecular formula is C15H23ClN2O3. The van der Waals surface area contributed by atoms with Gasteiger partial charge >= 0.3 is 0 Å². The van der Waals surface area contributed by atoms with Gasteiger partial charge in [-0.25, -0.2) is 0 Å². The lowest BCUT2D eigenvalue weighted by Crippen LogP contribution is -2.52. The van der Waals surface area contributed by atoms with Gasteiger partial charge in [0, 0.05) is 25.7 Å². The lowest BCUT2D eigenvalue weighted by atomic mass is 10.2. The van der Waals surface area contributed by atoms with E-state index in [1.54, 1.807) is 0 Å². The first-order valence-corrected chi connectivity index (χ1v) is 7.06. The van der Waals surface area contributed by atoms with Crippen molar-refractivity contribution in [2.75, 3.05) is 32.8 Å². The molecule has 0 radical (unpaired) electrons. The van der Waals surface area contributed by atoms with Crippen LogP contribution >= 0.6 is 12.4 Å². The molecule has 1 heterocycles. The fourth-order valence-electron chi connectivity index (χ4n) is 2.23. The zero-order valence-electron chi connectivity index (χ0n) is 12.5. The second-order valence-electron chi connectivity index (χ2n) is 4.86. The average molecular weight is 315 g/mol. The van der Waals surface area contributed by atoms with Gasteiger partial charge in [0.2, 0.25) is 0 Å². The zero-order chi connectivity index (χ0) is 14.4. The number of carbonyl (C=O) groups excluding carboxylic acids is 1. The van der Waals surface area contributed by atoms with Crippen LogP contribution in [0.5, 0.6) is 11.5 Å². The molecule has 1 N–H and O–H groups in total. The van der Waals surface area contributed by atoms with Gasteiger partial charge in [-0.2, -0.15) is 0 Å². The minimum absolute atomic E-state index is 0. The van der Waals surface area contributed by atoms with Crippen molar-refractivity contribution < 1.29 is 14.3 Å². The minimum Gasteiger partial charge on any atom is -0.490 e. The monoisotopic (exact) mass is 314 g/mol. The van der Waals surface area contributed by atoms with Crippen LogP contribution in [0.25, 0.3) is 0 Å². The Morgan fingerprint density at radius 3 is 2.62 bits per heavy atom. The molecule has 21 heavy (non-hydrogen) atoms. The summed E-state index contributed by atoms with van der Waals surface area (Å²) in [6.45, 7) is 6.92. The highest BCUT2D eigenvalue weighted by atomic mass is 35.5. The quantitative estimate of drug-likeness (QED) is 0.899. The van der Waals surface area contributed by atoms with Gasteiger partial charge in [-0.05, 0) is 26.0 Å². The zero-order valence-corrected chi connectivity index (χ0v) is 13.3. The van der Waals surface area contributed by atoms with Gasteiger partial charge in [-0.15, -0.1) is 12.4 Å². The third-order valence-electron chi connectivity index (χ3n) is 3.22. The first kappa shape index (κ1) is 17.6. The van der Waals surface area contributed by atoms with Crippen LogP contribution in [0, 0.1) is 0 Å². The van der Waals surface area contributed by atoms with Crippen molar-refractivity contribution in [3.05, 3.63) is 24.3 Å². The molecule has 1 atom stereocenters. The van der Waals surface area contributed by atoms with Crippen LogP contribution in [0.1, 0.15) is 13.8 Å². The first-order chi connectivity index (χ1) is 9.70. The largest absolute Gasteiger partial charge is 0.490 e. The highest BCUT2D eigenvalue weighted by molar-refractivity contribution is 5.85. The molecule has 0 saturated carbocycles. The molecule has 5 nitrogen and oxygen atoms in total. The molecule has 1 amide bonds. The van der Waals surface area contributed by atoms with Gasteiger partial charge in [-0.1, -0.05) is 12.1 Å². The van der Waals surface area contributed by atoms with Crippen LogP contribution in [-0.2, 0) is 4.79 Å². The van der Waals surface area contributed by atoms with E-state index < -0.39 is 0 Å². The Balaban J connectivity index is 0.00000220. The SMILES string of the molecule is CCOc1ccccc1OCC(=O)N1CCNC(C)C1.Cl. The van der Waals surface area contributed by atoms with Gasteiger partial charge in [-0.3, -0.25) is 4.79 Å². The summed E-state index contributed by atoms with van der Waals surface area (Å²) >= 11 is 0. The maximum Gasteiger partial charge on any atom is 0.260 e. The third-order valence-corrected chi connectivity index (χ3v) is 3.22. The minimum atomic E-state index is 0. The number of amides is 1. The van der Waals surface area contributed by atoms with Crippen molar-refractivity contribution in [3.8, 4) is 11.5 Å². The smallest absolute Gasteiger partial charge is 0.260 e. The number of piperazine rings is 1. The van der Waals surface area contributed by atoms with E-state index in [1.165, 1.54) is 0 Å². The number of para-hydroxylation sites is 2. The third kappa shape index (κ3) is 5.10. The van der Waals surface area contributed by atoms with Gasteiger partial charge < -0.3 is 19.7 Å². The Morgan fingerprint density at radius 1 is 1.33 bits per heavy atom. The Bertz CT molecular complexity index is 456. The van der Waals surface area contributed by atoms with Crippen LogP contribution in [0.4, 0.5) is 0 Å². The number of hydrogen-bond acceptors (Lipinski definition) is 4. The van der Waals surface area contributed by atoms with E-state index >= 15 is 0 Å². The Kier molecular flexibility index (Phi) is 7.32. The van der Waals surface area contributed by atoms with Gasteiger partial charge in [0.1, 0.15) is 0 Å². The second-order valence-corrected chi connectivity index (χ2v) is 4.86. The van der Waals surface area contributed by atoms with E-state index in [1.807, 2.05) is 36.1 Å². The molecule has 1 unspecified atom stereocenters. The predicted octanol–water partition coefficient (Wildman–Crippen LogP) is 1.71. The van der Waals surface area contributed by atoms with Crippen LogP contribution in [0.15, 0.2) is 24.3 Å². The van der Waals surface area contributed by atoms with E-state index in [0.29, 0.717) is 24.1 Å². The van der Waals surface area contributed by atoms with Crippen molar-refractivity contribution in [1.82, 2.24) is 10.2 Å². The van der Waals surface area contributed by atoms with Crippen molar-refractivity contribution in [2.45, 2.75) is 19.9 Å². The highest BCUT2D eigenvalue weighted by Crippen LogP contribution is 2.26. The van der Waals surface area contributed by atoms with E-state index in [-0.39, 0.29) is 24.9 Å². The molecule has 118 valence electrons. The molecule has 0 spiro atoms. The lowest BCUT2D eigenvalue weighted by molar-refractivity contribution is -0.134. The summed E-state index contributed by atoms with van der Waals surface area (Å²) in [5, 5.41) is 3.31. The van der Waals surface area contributed by atoms with Crippen molar-refractivity contribution in [1.29, 1.82) is 0 Å². The second kappa shape index (κ2) is 8.74. The van der Waals surface area contributed by atoms with E-state index in [0.717, 1.165) is 19.6 Å². The molecule has 1 aromatic rings. The molecule has 1 aliphatic rings. The maximum absolute atomic E-state index is 12.1. The summed E-state index contributed by atoms with van der Waals surface area (Å²) in [6.07, 6.45) is 0. The number of ether oxygens (including phenoxy) is 2. The fraction of sp³-hybridized carbons (Fsp3) is 0.533. The molecule has 1 aliphatic heterocycles. The van der Waals surface area contributed by atoms with Crippen LogP contribution in [0.2, 0.25) is 0 Å². The highest BCUT2D eigenvalue weighted by Gasteiger charge is 2.20. The standard InChI is InChI=1S/C15H22N2O3.ClH/c1-3-19-13-6-4-5-7-14(13)20-11-15(18)17-9-8-16-12(2)10-17;/h4-7,12,16H,3,8-11H2,1-2H3;1H. The summed E-state index contributed by atoms with van der Waals surface area (Å²) in [5.74, 6) is 1.31. The van der Waals surface area contributed by atoms with E-state index in [9.17, 15) is 4.79 Å². The molecule has 6 heteroatoms. The Hall–Kier alpha value is -1.46. The number of halogens is 1. The summed E-state index contributed by atoms with van der Waals surface area (Å²) in [5.41, 5.74) is 0. The Labute approximate surface area is 132 Å². The number of hydrogen-bond donors (Lipinski definition) is 1. The van der Waals surface area contributed by atoms with E-state index in [2.05, 4.69) is 12.2 Å². The summed E-state index contributed by atoms with van der Waals surface area (Å²) in [6, 6.07) is 7.75. The fourth-order valence-corrected chi connectivity index (χ4v) is 2.23. The number of nitrogens with one attached hydrogen (secondary N) is 1. The topological polar surface area (TPSA) is 50.8 Å². The first-order valence-electron chi connectivity index (χ1n) is 7.06. The molecule has 1 aromatic carbocycles. The predicted molar refractivity (Wildman–Crippen MR) is 84.4 cm³/mol. The van der Waals surface area contributed by atoms with E-state index in [4.69, 9.17) is 9.47 Å². The number of carbonyl (C=O) groups is 1. The van der Waals surface area contributed by atoms with Gasteiger partial charge in [0.05, 0.1) is 6.61 Å². The summed E-state index contributed by atoms with van der Waals surface area (Å²) in [4.78, 5) is 14.0. The van der Waals surface area contributed by atoms with Crippen molar-refractivity contribution in [3.63, 3.8) is 0 Å². The normalized spacial score (nSPS) is 17.8. The van der Waals surface area contributed by atoms with Gasteiger partial charge in [0.25, 0.3) is 5.91 Å². The Morgan fingerprint density at radius 2 is 2.00 bits per heavy atom. The lowest BCUT2D eigenvalue weighted by Gasteiger charge is -2.31. The van der Waals surface area contributed by atoms with Crippen LogP contribution < -0.4 is 14.8 Å². The molecule has 0 bridgehead atoms. The molecule has 0 aromatic heterocycles. The molecule has 1 saturated heterocycles. The van der Waals surface area contributed by atoms with Crippen LogP contribution in [-0.4, -0.2) is 49.7 Å². The number of rotatable bonds is 5. The summed E-state index contributed by atoms with van der Waals surface area (Å²) in [7, 11) is 0. The van der Waals surface area contributed by atoms with Crippen LogP contribution in [0.3, 0.4) is 0 Å². The average Bonchev–Trinajstić information content (AvgIpc) is 2.46. The molecule has 0 aliphatic carbocycles. The van der Waals surface area contributed by atoms with Gasteiger partial charge in [0.15, 0.2) is 18.1 Å². The molecule has 2 rings (SSSR count). The van der Waals surface area contributed by atoms with Crippen molar-refractivity contribution >= 4 is 18.3 Å². The maximum atomic E-state index is 12.1. The number of nitrogens with zero attached hydrogens (tertiary/aromatic N) is 1. The molecule has 1 fully saturated rings. The molecular weight excluding hydrogens is 292 g/mol. The summed E-state index contributed by atoms with van der Waals surface area (Å²) < 4.78 is 11.1. The van der Waals surface area contributed by atoms with Crippen molar-refractivity contribution in [2.24, 2.45) is 0 Å². The number of benzene rings is 1.